The second-order valence-corrected chi connectivity index (χ2v) is 16.1. The lowest BCUT2D eigenvalue weighted by molar-refractivity contribution is 1.18. The molecule has 0 bridgehead atoms. The molecule has 15 rings (SSSR count). The Balaban J connectivity index is 1.12. The summed E-state index contributed by atoms with van der Waals surface area (Å²) in [6.45, 7) is 0. The largest absolute Gasteiger partial charge is 0.309 e. The lowest BCUT2D eigenvalue weighted by Gasteiger charge is -2.11. The average Bonchev–Trinajstić information content (AvgIpc) is 4.08. The molecule has 9 aromatic carbocycles. The molecule has 5 nitrogen and oxygen atoms in total. The number of hydrogen-bond donors (Lipinski definition) is 0. The van der Waals surface area contributed by atoms with Gasteiger partial charge in [-0.15, -0.1) is 0 Å². The summed E-state index contributed by atoms with van der Waals surface area (Å²) in [4.78, 5) is 11.4. The van der Waals surface area contributed by atoms with E-state index in [2.05, 4.69) is 189 Å². The Hall–Kier alpha value is -8.02. The van der Waals surface area contributed by atoms with Gasteiger partial charge in [-0.3, -0.25) is 8.80 Å². The molecule has 0 saturated heterocycles. The molecule has 0 N–H and O–H groups in total. The molecule has 5 heteroatoms. The number of rotatable bonds is 2. The maximum absolute atomic E-state index is 5.74. The fourth-order valence-electron chi connectivity index (χ4n) is 10.9. The van der Waals surface area contributed by atoms with Crippen LogP contribution in [0.1, 0.15) is 0 Å². The van der Waals surface area contributed by atoms with Gasteiger partial charge in [-0.1, -0.05) is 127 Å². The summed E-state index contributed by atoms with van der Waals surface area (Å²) >= 11 is 0. The maximum atomic E-state index is 5.74. The summed E-state index contributed by atoms with van der Waals surface area (Å²) in [7, 11) is 0. The summed E-state index contributed by atoms with van der Waals surface area (Å²) in [5.41, 5.74) is 14.2. The SMILES string of the molecule is c1ccc(-n2c3ccccc3c3cc(-c4cc5ccccc5c5c6cccc7c8nc9c(nc8n(c45)c76)c4cc5ccccc5c5c6ccccc6n9c45)ccc32)cc1. The van der Waals surface area contributed by atoms with E-state index in [0.29, 0.717) is 0 Å². The van der Waals surface area contributed by atoms with Gasteiger partial charge in [0.05, 0.1) is 33.1 Å². The Labute approximate surface area is 334 Å². The van der Waals surface area contributed by atoms with Gasteiger partial charge in [0.25, 0.3) is 0 Å². The zero-order valence-electron chi connectivity index (χ0n) is 31.5. The Morgan fingerprint density at radius 1 is 0.339 bits per heavy atom. The van der Waals surface area contributed by atoms with E-state index in [4.69, 9.17) is 9.97 Å². The van der Waals surface area contributed by atoms with E-state index in [-0.39, 0.29) is 0 Å². The van der Waals surface area contributed by atoms with Crippen LogP contribution in [0.25, 0.3) is 137 Å². The highest BCUT2D eigenvalue weighted by Crippen LogP contribution is 2.48. The molecule has 0 aliphatic heterocycles. The fourth-order valence-corrected chi connectivity index (χ4v) is 10.9. The lowest BCUT2D eigenvalue weighted by Crippen LogP contribution is -1.93. The van der Waals surface area contributed by atoms with E-state index in [1.54, 1.807) is 0 Å². The molecule has 0 aliphatic rings. The Kier molecular flexibility index (Phi) is 5.36. The molecule has 0 spiro atoms. The van der Waals surface area contributed by atoms with Crippen molar-refractivity contribution in [3.05, 3.63) is 176 Å². The van der Waals surface area contributed by atoms with Crippen molar-refractivity contribution < 1.29 is 0 Å². The van der Waals surface area contributed by atoms with E-state index in [1.807, 2.05) is 0 Å². The van der Waals surface area contributed by atoms with Gasteiger partial charge in [0.2, 0.25) is 0 Å². The van der Waals surface area contributed by atoms with Crippen LogP contribution in [-0.2, 0) is 0 Å². The van der Waals surface area contributed by atoms with E-state index >= 15 is 0 Å². The third-order valence-electron chi connectivity index (χ3n) is 13.2. The van der Waals surface area contributed by atoms with Crippen molar-refractivity contribution in [1.29, 1.82) is 0 Å². The van der Waals surface area contributed by atoms with Crippen molar-refractivity contribution in [2.75, 3.05) is 0 Å². The van der Waals surface area contributed by atoms with E-state index in [1.165, 1.54) is 87.1 Å². The van der Waals surface area contributed by atoms with Crippen LogP contribution < -0.4 is 0 Å². The van der Waals surface area contributed by atoms with Gasteiger partial charge in [-0.05, 0) is 75.6 Å². The Morgan fingerprint density at radius 3 is 1.75 bits per heavy atom. The maximum Gasteiger partial charge on any atom is 0.165 e. The summed E-state index contributed by atoms with van der Waals surface area (Å²) < 4.78 is 7.18. The molecular weight excluding hydrogens is 719 g/mol. The van der Waals surface area contributed by atoms with Crippen LogP contribution in [0, 0.1) is 0 Å². The van der Waals surface area contributed by atoms with Crippen LogP contribution >= 0.6 is 0 Å². The van der Waals surface area contributed by atoms with Gasteiger partial charge in [0.1, 0.15) is 11.0 Å². The van der Waals surface area contributed by atoms with E-state index < -0.39 is 0 Å². The summed E-state index contributed by atoms with van der Waals surface area (Å²) in [6.07, 6.45) is 0. The first-order chi connectivity index (χ1) is 29.3. The van der Waals surface area contributed by atoms with Crippen LogP contribution in [-0.4, -0.2) is 23.3 Å². The smallest absolute Gasteiger partial charge is 0.165 e. The molecule has 6 heterocycles. The van der Waals surface area contributed by atoms with Crippen molar-refractivity contribution in [1.82, 2.24) is 23.3 Å². The lowest BCUT2D eigenvalue weighted by atomic mass is 9.95. The van der Waals surface area contributed by atoms with Crippen LogP contribution in [0.3, 0.4) is 0 Å². The third-order valence-corrected chi connectivity index (χ3v) is 13.2. The summed E-state index contributed by atoms with van der Waals surface area (Å²) in [6, 6.07) is 64.2. The predicted molar refractivity (Wildman–Crippen MR) is 246 cm³/mol. The summed E-state index contributed by atoms with van der Waals surface area (Å²) in [5.74, 6) is 0. The number of nitrogens with zero attached hydrogens (tertiary/aromatic N) is 5. The minimum absolute atomic E-state index is 0.889. The number of aromatic nitrogens is 5. The van der Waals surface area contributed by atoms with Crippen LogP contribution in [0.2, 0.25) is 0 Å². The van der Waals surface area contributed by atoms with Gasteiger partial charge in [0, 0.05) is 54.3 Å². The van der Waals surface area contributed by atoms with Crippen molar-refractivity contribution in [2.24, 2.45) is 0 Å². The monoisotopic (exact) mass is 747 g/mol. The van der Waals surface area contributed by atoms with Crippen molar-refractivity contribution >= 4 is 120 Å². The first kappa shape index (κ1) is 30.2. The topological polar surface area (TPSA) is 39.5 Å². The Morgan fingerprint density at radius 2 is 0.932 bits per heavy atom. The molecular formula is C54H29N5. The van der Waals surface area contributed by atoms with Crippen LogP contribution in [0.4, 0.5) is 0 Å². The molecule has 270 valence electrons. The minimum Gasteiger partial charge on any atom is -0.309 e. The molecule has 0 amide bonds. The van der Waals surface area contributed by atoms with Crippen molar-refractivity contribution in [2.45, 2.75) is 0 Å². The second-order valence-electron chi connectivity index (χ2n) is 16.1. The van der Waals surface area contributed by atoms with E-state index in [0.717, 1.165) is 49.8 Å². The van der Waals surface area contributed by atoms with Gasteiger partial charge >= 0.3 is 0 Å². The average molecular weight is 748 g/mol. The molecule has 0 unspecified atom stereocenters. The quantitative estimate of drug-likeness (QED) is 0.177. The van der Waals surface area contributed by atoms with Gasteiger partial charge < -0.3 is 4.57 Å². The molecule has 0 atom stereocenters. The molecule has 6 aromatic heterocycles. The molecule has 0 fully saturated rings. The standard InChI is InChI=1S/C54H29N5/c1-2-15-33(16-3-1)57-43-23-10-8-19-36(43)41-28-32(25-26-45(41)57)40-27-30-13-4-7-18-35(30)47-38-21-12-22-39-48-54(59(50(38)39)51(40)47)56-49-42-29-31-14-5-6-17-34(31)46-37-20-9-11-24-44(37)58(52(42)46)53(49)55-48/h1-29H. The molecule has 0 aliphatic carbocycles. The second kappa shape index (κ2) is 10.5. The molecule has 15 aromatic rings. The minimum atomic E-state index is 0.889. The van der Waals surface area contributed by atoms with Crippen LogP contribution in [0.15, 0.2) is 176 Å². The summed E-state index contributed by atoms with van der Waals surface area (Å²) in [5, 5.41) is 14.6. The highest BCUT2D eigenvalue weighted by Gasteiger charge is 2.27. The third kappa shape index (κ3) is 3.59. The highest BCUT2D eigenvalue weighted by atomic mass is 15.1. The number of fused-ring (bicyclic) bond motifs is 19. The predicted octanol–water partition coefficient (Wildman–Crippen LogP) is 13.8. The molecule has 0 saturated carbocycles. The van der Waals surface area contributed by atoms with Gasteiger partial charge in [-0.2, -0.15) is 0 Å². The highest BCUT2D eigenvalue weighted by molar-refractivity contribution is 6.33. The van der Waals surface area contributed by atoms with Crippen LogP contribution in [0.5, 0.6) is 0 Å². The van der Waals surface area contributed by atoms with E-state index in [9.17, 15) is 0 Å². The number of para-hydroxylation sites is 4. The normalized spacial score (nSPS) is 12.7. The zero-order chi connectivity index (χ0) is 38.1. The molecule has 59 heavy (non-hydrogen) atoms. The van der Waals surface area contributed by atoms with Gasteiger partial charge in [0.15, 0.2) is 11.3 Å². The van der Waals surface area contributed by atoms with Gasteiger partial charge in [-0.25, -0.2) is 9.97 Å². The number of hydrogen-bond acceptors (Lipinski definition) is 2. The van der Waals surface area contributed by atoms with Crippen molar-refractivity contribution in [3.63, 3.8) is 0 Å². The van der Waals surface area contributed by atoms with Crippen molar-refractivity contribution in [3.8, 4) is 16.8 Å². The zero-order valence-corrected chi connectivity index (χ0v) is 31.5. The number of benzene rings is 9. The first-order valence-electron chi connectivity index (χ1n) is 20.3. The first-order valence-corrected chi connectivity index (χ1v) is 20.3. The molecule has 0 radical (unpaired) electrons. The fraction of sp³-hybridized carbons (Fsp3) is 0. The Bertz CT molecular complexity index is 4300.